The highest BCUT2D eigenvalue weighted by Gasteiger charge is 2.40. The maximum atomic E-state index is 13.4. The number of nitrogens with zero attached hydrogens (tertiary/aromatic N) is 3. The quantitative estimate of drug-likeness (QED) is 0.815. The summed E-state index contributed by atoms with van der Waals surface area (Å²) in [4.78, 5) is 21.5. The molecule has 3 aliphatic heterocycles. The molecule has 0 aliphatic carbocycles. The van der Waals surface area contributed by atoms with Crippen LogP contribution >= 0.6 is 22.9 Å². The Bertz CT molecular complexity index is 770. The van der Waals surface area contributed by atoms with Gasteiger partial charge in [0.15, 0.2) is 0 Å². The van der Waals surface area contributed by atoms with E-state index in [1.807, 2.05) is 10.3 Å². The van der Waals surface area contributed by atoms with Crippen LogP contribution in [0.1, 0.15) is 24.1 Å². The van der Waals surface area contributed by atoms with E-state index in [0.717, 1.165) is 37.2 Å². The van der Waals surface area contributed by atoms with Gasteiger partial charge in [0.1, 0.15) is 5.82 Å². The molecular weight excluding hydrogens is 361 g/mol. The van der Waals surface area contributed by atoms with E-state index in [4.69, 9.17) is 11.6 Å². The summed E-state index contributed by atoms with van der Waals surface area (Å²) in [5, 5.41) is 2.15. The largest absolute Gasteiger partial charge is 0.332 e. The topological polar surface area (TPSA) is 36.4 Å². The number of benzene rings is 1. The molecule has 7 heteroatoms. The van der Waals surface area contributed by atoms with Crippen molar-refractivity contribution in [2.24, 2.45) is 5.92 Å². The zero-order chi connectivity index (χ0) is 17.4. The van der Waals surface area contributed by atoms with Gasteiger partial charge in [-0.05, 0) is 30.5 Å². The molecule has 0 saturated carbocycles. The molecule has 5 rings (SSSR count). The second-order valence-electron chi connectivity index (χ2n) is 6.82. The van der Waals surface area contributed by atoms with E-state index in [1.165, 1.54) is 6.07 Å². The van der Waals surface area contributed by atoms with E-state index in [2.05, 4.69) is 9.88 Å². The number of fused-ring (bicyclic) bond motifs is 4. The Hall–Kier alpha value is -1.50. The summed E-state index contributed by atoms with van der Waals surface area (Å²) >= 11 is 7.45. The van der Waals surface area contributed by atoms with Crippen LogP contribution in [0, 0.1) is 11.7 Å². The molecule has 3 aliphatic rings. The van der Waals surface area contributed by atoms with Gasteiger partial charge in [-0.2, -0.15) is 0 Å². The number of aromatic nitrogens is 1. The lowest BCUT2D eigenvalue weighted by Gasteiger charge is -2.35. The fourth-order valence-corrected chi connectivity index (χ4v) is 4.61. The zero-order valence-corrected chi connectivity index (χ0v) is 15.3. The van der Waals surface area contributed by atoms with Crippen molar-refractivity contribution >= 4 is 28.8 Å². The molecule has 4 nitrogen and oxygen atoms in total. The number of halogens is 2. The van der Waals surface area contributed by atoms with E-state index in [-0.39, 0.29) is 22.9 Å². The molecule has 0 N–H and O–H groups in total. The molecule has 1 amide bonds. The van der Waals surface area contributed by atoms with Gasteiger partial charge in [0.25, 0.3) is 0 Å². The van der Waals surface area contributed by atoms with Gasteiger partial charge in [0.2, 0.25) is 5.91 Å². The molecule has 2 aromatic rings. The first-order valence-electron chi connectivity index (χ1n) is 8.44. The van der Waals surface area contributed by atoms with Crippen molar-refractivity contribution in [1.82, 2.24) is 14.8 Å². The highest BCUT2D eigenvalue weighted by atomic mass is 35.5. The first-order chi connectivity index (χ1) is 12.1. The lowest BCUT2D eigenvalue weighted by molar-refractivity contribution is -0.140. The number of piperidine rings is 1. The number of amides is 1. The zero-order valence-electron chi connectivity index (χ0n) is 13.7. The summed E-state index contributed by atoms with van der Waals surface area (Å²) in [6, 6.07) is 5.06. The minimum Gasteiger partial charge on any atom is -0.332 e. The summed E-state index contributed by atoms with van der Waals surface area (Å²) in [6.45, 7) is 2.86. The Kier molecular flexibility index (Phi) is 4.75. The lowest BCUT2D eigenvalue weighted by Crippen LogP contribution is -2.47. The molecule has 2 bridgehead atoms. The van der Waals surface area contributed by atoms with Gasteiger partial charge in [-0.1, -0.05) is 17.7 Å². The maximum absolute atomic E-state index is 13.4. The van der Waals surface area contributed by atoms with Gasteiger partial charge < -0.3 is 4.90 Å². The standard InChI is InChI=1S/C18H19ClFN3OS/c19-16-5-12(1-4-17(16)20)6-22-7-13-2-3-15(9-22)23(18(13)24)8-14-10-25-11-21-14/h1,4-5,10-11,13,15H,2-3,6-9H2/t13-,15+/m0/s1. The number of carbonyl (C=O) groups is 1. The summed E-state index contributed by atoms with van der Waals surface area (Å²) in [5.74, 6) is -0.122. The van der Waals surface area contributed by atoms with Crippen molar-refractivity contribution in [1.29, 1.82) is 0 Å². The second-order valence-corrected chi connectivity index (χ2v) is 7.94. The molecule has 0 radical (unpaired) electrons. The van der Waals surface area contributed by atoms with Crippen molar-refractivity contribution in [2.45, 2.75) is 32.0 Å². The fraction of sp³-hybridized carbons (Fsp3) is 0.444. The van der Waals surface area contributed by atoms with Crippen LogP contribution in [0.15, 0.2) is 29.1 Å². The molecule has 0 spiro atoms. The van der Waals surface area contributed by atoms with Crippen molar-refractivity contribution in [3.63, 3.8) is 0 Å². The Balaban J connectivity index is 1.50. The van der Waals surface area contributed by atoms with Crippen LogP contribution in [0.5, 0.6) is 0 Å². The molecule has 4 heterocycles. The highest BCUT2D eigenvalue weighted by molar-refractivity contribution is 7.07. The van der Waals surface area contributed by atoms with Crippen molar-refractivity contribution in [3.8, 4) is 0 Å². The number of carbonyl (C=O) groups excluding carboxylic acids is 1. The number of hydrogen-bond donors (Lipinski definition) is 0. The number of hydrogen-bond acceptors (Lipinski definition) is 4. The molecule has 1 aromatic heterocycles. The normalized spacial score (nSPS) is 23.9. The highest BCUT2D eigenvalue weighted by Crippen LogP contribution is 2.31. The van der Waals surface area contributed by atoms with E-state index >= 15 is 0 Å². The molecule has 1 aromatic carbocycles. The van der Waals surface area contributed by atoms with E-state index in [9.17, 15) is 9.18 Å². The predicted molar refractivity (Wildman–Crippen MR) is 95.9 cm³/mol. The molecular formula is C18H19ClFN3OS. The van der Waals surface area contributed by atoms with Gasteiger partial charge in [-0.15, -0.1) is 11.3 Å². The molecule has 2 atom stereocenters. The summed E-state index contributed by atoms with van der Waals surface area (Å²) in [6.07, 6.45) is 1.97. The van der Waals surface area contributed by atoms with Crippen LogP contribution in [0.3, 0.4) is 0 Å². The van der Waals surface area contributed by atoms with Crippen LogP contribution < -0.4 is 0 Å². The van der Waals surface area contributed by atoms with Gasteiger partial charge in [-0.25, -0.2) is 9.37 Å². The molecule has 25 heavy (non-hydrogen) atoms. The Morgan fingerprint density at radius 1 is 1.28 bits per heavy atom. The van der Waals surface area contributed by atoms with Gasteiger partial charge >= 0.3 is 0 Å². The van der Waals surface area contributed by atoms with Crippen LogP contribution in [0.25, 0.3) is 0 Å². The van der Waals surface area contributed by atoms with Gasteiger partial charge in [0, 0.05) is 31.1 Å². The minimum atomic E-state index is -0.397. The Morgan fingerprint density at radius 2 is 2.16 bits per heavy atom. The molecule has 0 unspecified atom stereocenters. The minimum absolute atomic E-state index is 0.0355. The smallest absolute Gasteiger partial charge is 0.227 e. The third-order valence-corrected chi connectivity index (χ3v) is 6.00. The molecule has 3 saturated heterocycles. The number of rotatable bonds is 4. The average molecular weight is 380 g/mol. The third kappa shape index (κ3) is 3.57. The van der Waals surface area contributed by atoms with Crippen molar-refractivity contribution < 1.29 is 9.18 Å². The van der Waals surface area contributed by atoms with Gasteiger partial charge in [-0.3, -0.25) is 9.69 Å². The summed E-state index contributed by atoms with van der Waals surface area (Å²) in [5.41, 5.74) is 3.74. The average Bonchev–Trinajstić information content (AvgIpc) is 2.97. The van der Waals surface area contributed by atoms with Crippen molar-refractivity contribution in [3.05, 3.63) is 51.2 Å². The van der Waals surface area contributed by atoms with Crippen LogP contribution in [0.4, 0.5) is 4.39 Å². The van der Waals surface area contributed by atoms with Crippen LogP contribution in [-0.4, -0.2) is 39.8 Å². The van der Waals surface area contributed by atoms with E-state index < -0.39 is 5.82 Å². The lowest BCUT2D eigenvalue weighted by atomic mass is 9.94. The Morgan fingerprint density at radius 3 is 2.92 bits per heavy atom. The Labute approximate surface area is 155 Å². The fourth-order valence-electron chi connectivity index (χ4n) is 3.85. The third-order valence-electron chi connectivity index (χ3n) is 5.07. The van der Waals surface area contributed by atoms with E-state index in [1.54, 1.807) is 29.0 Å². The van der Waals surface area contributed by atoms with Gasteiger partial charge in [0.05, 0.1) is 28.7 Å². The summed E-state index contributed by atoms with van der Waals surface area (Å²) < 4.78 is 13.4. The molecule has 132 valence electrons. The second kappa shape index (κ2) is 7.02. The molecule has 3 fully saturated rings. The maximum Gasteiger partial charge on any atom is 0.227 e. The predicted octanol–water partition coefficient (Wildman–Crippen LogP) is 3.56. The van der Waals surface area contributed by atoms with Crippen LogP contribution in [0.2, 0.25) is 5.02 Å². The van der Waals surface area contributed by atoms with Crippen LogP contribution in [-0.2, 0) is 17.9 Å². The monoisotopic (exact) mass is 379 g/mol. The van der Waals surface area contributed by atoms with Crippen molar-refractivity contribution in [2.75, 3.05) is 13.1 Å². The first kappa shape index (κ1) is 16.9. The number of thiazole rings is 1. The first-order valence-corrected chi connectivity index (χ1v) is 9.76. The summed E-state index contributed by atoms with van der Waals surface area (Å²) in [7, 11) is 0. The SMILES string of the molecule is O=C1[C@H]2CC[C@H](CN(Cc3ccc(F)c(Cl)c3)C2)N1Cc1cscn1. The van der Waals surface area contributed by atoms with E-state index in [0.29, 0.717) is 13.1 Å².